The highest BCUT2D eigenvalue weighted by Crippen LogP contribution is 2.36. The van der Waals surface area contributed by atoms with Gasteiger partial charge in [-0.3, -0.25) is 0 Å². The van der Waals surface area contributed by atoms with E-state index in [1.165, 1.54) is 0 Å². The number of halogens is 3. The molecule has 0 saturated carbocycles. The minimum Gasteiger partial charge on any atom is -0.375 e. The van der Waals surface area contributed by atoms with Crippen molar-refractivity contribution in [2.45, 2.75) is 51.3 Å². The van der Waals surface area contributed by atoms with Gasteiger partial charge in [-0.1, -0.05) is 40.9 Å². The molecule has 1 fully saturated rings. The number of rotatable bonds is 3. The Labute approximate surface area is 135 Å². The summed E-state index contributed by atoms with van der Waals surface area (Å²) in [7, 11) is 0. The first kappa shape index (κ1) is 16.4. The molecule has 0 amide bonds. The highest BCUT2D eigenvalue weighted by molar-refractivity contribution is 6.48. The molecule has 1 aliphatic rings. The van der Waals surface area contributed by atoms with Crippen LogP contribution in [-0.4, -0.2) is 18.2 Å². The second kappa shape index (κ2) is 6.41. The van der Waals surface area contributed by atoms with Crippen LogP contribution >= 0.6 is 34.8 Å². The van der Waals surface area contributed by atoms with Crippen molar-refractivity contribution in [3.8, 4) is 0 Å². The van der Waals surface area contributed by atoms with Gasteiger partial charge < -0.3 is 10.1 Å². The van der Waals surface area contributed by atoms with Crippen LogP contribution in [0.2, 0.25) is 15.1 Å². The number of hydrogen-bond acceptors (Lipinski definition) is 2. The van der Waals surface area contributed by atoms with Crippen molar-refractivity contribution in [2.24, 2.45) is 0 Å². The fourth-order valence-electron chi connectivity index (χ4n) is 2.69. The molecular weight excluding hydrogens is 317 g/mol. The van der Waals surface area contributed by atoms with Crippen LogP contribution in [0.5, 0.6) is 0 Å². The second-order valence-corrected chi connectivity index (χ2v) is 7.11. The summed E-state index contributed by atoms with van der Waals surface area (Å²) in [5.41, 5.74) is 0.905. The predicted octanol–water partition coefficient (Wildman–Crippen LogP) is 5.26. The Bertz CT molecular complexity index is 490. The third-order valence-corrected chi connectivity index (χ3v) is 5.02. The molecule has 20 heavy (non-hydrogen) atoms. The fraction of sp³-hybridized carbons (Fsp3) is 0.600. The van der Waals surface area contributed by atoms with Crippen molar-refractivity contribution in [2.75, 3.05) is 6.61 Å². The van der Waals surface area contributed by atoms with E-state index in [4.69, 9.17) is 39.5 Å². The van der Waals surface area contributed by atoms with Gasteiger partial charge in [-0.15, -0.1) is 0 Å². The van der Waals surface area contributed by atoms with Gasteiger partial charge in [-0.2, -0.15) is 0 Å². The van der Waals surface area contributed by atoms with E-state index in [0.29, 0.717) is 21.1 Å². The standard InChI is InChI=1S/C15H20Cl3NO/c1-9(11-4-5-12(16)14(18)13(11)17)19-10-6-7-20-15(2,3)8-10/h4-5,9-10,19H,6-8H2,1-3H3. The Balaban J connectivity index is 2.09. The number of hydrogen-bond donors (Lipinski definition) is 1. The summed E-state index contributed by atoms with van der Waals surface area (Å²) >= 11 is 18.4. The summed E-state index contributed by atoms with van der Waals surface area (Å²) in [6.45, 7) is 7.12. The van der Waals surface area contributed by atoms with E-state index in [9.17, 15) is 0 Å². The topological polar surface area (TPSA) is 21.3 Å². The van der Waals surface area contributed by atoms with Gasteiger partial charge in [0, 0.05) is 18.7 Å². The molecular formula is C15H20Cl3NO. The molecule has 1 aromatic carbocycles. The van der Waals surface area contributed by atoms with Crippen LogP contribution < -0.4 is 5.32 Å². The lowest BCUT2D eigenvalue weighted by Crippen LogP contribution is -2.44. The fourth-order valence-corrected chi connectivity index (χ4v) is 3.40. The molecule has 0 radical (unpaired) electrons. The zero-order chi connectivity index (χ0) is 14.9. The average molecular weight is 337 g/mol. The van der Waals surface area contributed by atoms with E-state index < -0.39 is 0 Å². The number of nitrogens with one attached hydrogen (secondary N) is 1. The maximum absolute atomic E-state index is 6.29. The van der Waals surface area contributed by atoms with E-state index in [-0.39, 0.29) is 11.6 Å². The maximum Gasteiger partial charge on any atom is 0.0781 e. The summed E-state index contributed by atoms with van der Waals surface area (Å²) in [5.74, 6) is 0. The van der Waals surface area contributed by atoms with Crippen molar-refractivity contribution < 1.29 is 4.74 Å². The Morgan fingerprint density at radius 1 is 1.25 bits per heavy atom. The van der Waals surface area contributed by atoms with Crippen LogP contribution in [0.4, 0.5) is 0 Å². The third kappa shape index (κ3) is 3.80. The highest BCUT2D eigenvalue weighted by atomic mass is 35.5. The Hall–Kier alpha value is 0.01000. The van der Waals surface area contributed by atoms with Gasteiger partial charge in [0.05, 0.1) is 20.7 Å². The third-order valence-electron chi connectivity index (χ3n) is 3.71. The number of benzene rings is 1. The normalized spacial score (nSPS) is 23.6. The molecule has 2 unspecified atom stereocenters. The summed E-state index contributed by atoms with van der Waals surface area (Å²) in [4.78, 5) is 0. The first-order valence-corrected chi connectivity index (χ1v) is 7.97. The SMILES string of the molecule is CC(NC1CCOC(C)(C)C1)c1ccc(Cl)c(Cl)c1Cl. The zero-order valence-electron chi connectivity index (χ0n) is 12.0. The molecule has 5 heteroatoms. The smallest absolute Gasteiger partial charge is 0.0781 e. The van der Waals surface area contributed by atoms with Crippen molar-refractivity contribution in [1.29, 1.82) is 0 Å². The van der Waals surface area contributed by atoms with Crippen LogP contribution in [0.15, 0.2) is 12.1 Å². The molecule has 0 bridgehead atoms. The van der Waals surface area contributed by atoms with E-state index >= 15 is 0 Å². The maximum atomic E-state index is 6.29. The van der Waals surface area contributed by atoms with E-state index in [1.807, 2.05) is 6.07 Å². The van der Waals surface area contributed by atoms with Gasteiger partial charge in [0.15, 0.2) is 0 Å². The second-order valence-electron chi connectivity index (χ2n) is 5.95. The monoisotopic (exact) mass is 335 g/mol. The summed E-state index contributed by atoms with van der Waals surface area (Å²) in [6.07, 6.45) is 1.99. The lowest BCUT2D eigenvalue weighted by molar-refractivity contribution is -0.0639. The molecule has 0 spiro atoms. The van der Waals surface area contributed by atoms with Crippen molar-refractivity contribution in [1.82, 2.24) is 5.32 Å². The van der Waals surface area contributed by atoms with Crippen molar-refractivity contribution in [3.05, 3.63) is 32.8 Å². The quantitative estimate of drug-likeness (QED) is 0.761. The Morgan fingerprint density at radius 3 is 2.60 bits per heavy atom. The van der Waals surface area contributed by atoms with Crippen molar-refractivity contribution in [3.63, 3.8) is 0 Å². The van der Waals surface area contributed by atoms with Crippen LogP contribution in [0.25, 0.3) is 0 Å². The average Bonchev–Trinajstić information content (AvgIpc) is 2.34. The van der Waals surface area contributed by atoms with Crippen LogP contribution in [0.3, 0.4) is 0 Å². The Morgan fingerprint density at radius 2 is 1.95 bits per heavy atom. The summed E-state index contributed by atoms with van der Waals surface area (Å²) < 4.78 is 5.74. The molecule has 112 valence electrons. The Kier molecular flexibility index (Phi) is 5.25. The molecule has 1 aromatic rings. The van der Waals surface area contributed by atoms with Gasteiger partial charge in [0.2, 0.25) is 0 Å². The molecule has 2 atom stereocenters. The van der Waals surface area contributed by atoms with Gasteiger partial charge in [0.1, 0.15) is 0 Å². The molecule has 1 N–H and O–H groups in total. The molecule has 1 heterocycles. The highest BCUT2D eigenvalue weighted by Gasteiger charge is 2.29. The number of ether oxygens (including phenoxy) is 1. The van der Waals surface area contributed by atoms with Gasteiger partial charge >= 0.3 is 0 Å². The molecule has 1 saturated heterocycles. The van der Waals surface area contributed by atoms with Crippen molar-refractivity contribution >= 4 is 34.8 Å². The summed E-state index contributed by atoms with van der Waals surface area (Å²) in [5, 5.41) is 5.05. The van der Waals surface area contributed by atoms with E-state index in [2.05, 4.69) is 26.1 Å². The molecule has 2 rings (SSSR count). The molecule has 0 aliphatic carbocycles. The van der Waals surface area contributed by atoms with Crippen LogP contribution in [0.1, 0.15) is 45.2 Å². The van der Waals surface area contributed by atoms with Crippen LogP contribution in [-0.2, 0) is 4.74 Å². The minimum absolute atomic E-state index is 0.0723. The molecule has 1 aliphatic heterocycles. The van der Waals surface area contributed by atoms with Gasteiger partial charge in [-0.05, 0) is 45.2 Å². The summed E-state index contributed by atoms with van der Waals surface area (Å²) in [6, 6.07) is 4.26. The lowest BCUT2D eigenvalue weighted by Gasteiger charge is -2.37. The molecule has 2 nitrogen and oxygen atoms in total. The van der Waals surface area contributed by atoms with E-state index in [0.717, 1.165) is 25.0 Å². The predicted molar refractivity (Wildman–Crippen MR) is 86.1 cm³/mol. The first-order valence-electron chi connectivity index (χ1n) is 6.83. The largest absolute Gasteiger partial charge is 0.375 e. The van der Waals surface area contributed by atoms with Gasteiger partial charge in [-0.25, -0.2) is 0 Å². The lowest BCUT2D eigenvalue weighted by atomic mass is 9.93. The molecule has 0 aromatic heterocycles. The van der Waals surface area contributed by atoms with Crippen LogP contribution in [0, 0.1) is 0 Å². The van der Waals surface area contributed by atoms with E-state index in [1.54, 1.807) is 6.07 Å². The zero-order valence-corrected chi connectivity index (χ0v) is 14.2. The minimum atomic E-state index is -0.0723. The first-order chi connectivity index (χ1) is 9.30. The van der Waals surface area contributed by atoms with Gasteiger partial charge in [0.25, 0.3) is 0 Å².